The van der Waals surface area contributed by atoms with Gasteiger partial charge in [0.2, 0.25) is 0 Å². The molecule has 0 N–H and O–H groups in total. The van der Waals surface area contributed by atoms with Gasteiger partial charge in [-0.05, 0) is 158 Å². The van der Waals surface area contributed by atoms with Gasteiger partial charge in [0.05, 0.1) is 40.0 Å². The zero-order chi connectivity index (χ0) is 81.5. The first-order valence-corrected chi connectivity index (χ1v) is 34.7. The van der Waals surface area contributed by atoms with Crippen molar-refractivity contribution in [1.29, 1.82) is 0 Å². The topological polar surface area (TPSA) is 49.0 Å². The molecule has 0 saturated heterocycles. The fourth-order valence-corrected chi connectivity index (χ4v) is 18.2. The number of pyridine rings is 1. The molecule has 8 heteroatoms. The van der Waals surface area contributed by atoms with Crippen molar-refractivity contribution < 1.29 is 58.1 Å². The van der Waals surface area contributed by atoms with Gasteiger partial charge in [0, 0.05) is 55.1 Å². The Morgan fingerprint density at radius 1 is 0.450 bits per heavy atom. The van der Waals surface area contributed by atoms with E-state index in [4.69, 9.17) is 18.3 Å². The summed E-state index contributed by atoms with van der Waals surface area (Å²) in [7, 11) is -5.76. The second-order valence-electron chi connectivity index (χ2n) is 27.0. The van der Waals surface area contributed by atoms with E-state index >= 15 is 0 Å². The number of ether oxygens (including phenoxy) is 1. The number of hydrogen-bond donors (Lipinski definition) is 0. The number of aromatic nitrogens is 4. The molecule has 4 aromatic heterocycles. The summed E-state index contributed by atoms with van der Waals surface area (Å²) < 4.78 is 180. The van der Waals surface area contributed by atoms with Gasteiger partial charge in [0.1, 0.15) is 17.0 Å². The SMILES string of the molecule is [2H]c1cc([Si](c2cc(-c3ccc4c(c3)-c3cccc(C(C)(C)C)c3-[n+]3[c-]n(-c5[c-]c(Oc6[c-]c7c(cc6)c6ccccc6n7-c6cc(C(C)(C)C)ccn6)ccc5)c5cc(-c6ccc7oc8ccccc8c7c6)cc(c53)-c3ccccc3-4)c([2H])c([2H])c2[2H])(c2c([2H])c([2H])c([2H])c([2H])c2[2H])c2c([2H])c([2H])c([2H])c([2H])c2[2H])c([2H])c([2H])c1[2H].[Pt]. The second kappa shape index (κ2) is 24.3. The minimum atomic E-state index is -5.76. The van der Waals surface area contributed by atoms with E-state index in [0.717, 1.165) is 106 Å². The van der Waals surface area contributed by atoms with Gasteiger partial charge in [-0.25, -0.2) is 4.98 Å². The third-order valence-electron chi connectivity index (χ3n) is 19.1. The van der Waals surface area contributed by atoms with Crippen LogP contribution in [0.25, 0.3) is 128 Å². The van der Waals surface area contributed by atoms with Crippen molar-refractivity contribution >= 4 is 83.6 Å². The van der Waals surface area contributed by atoms with E-state index in [1.165, 1.54) is 6.07 Å². The van der Waals surface area contributed by atoms with Crippen molar-refractivity contribution in [2.24, 2.45) is 0 Å². The van der Waals surface area contributed by atoms with Crippen molar-refractivity contribution in [1.82, 2.24) is 14.1 Å². The first-order valence-electron chi connectivity index (χ1n) is 41.2. The standard InChI is InChI=1S/C92H68N4O2Si.Pt/c1-91(2,3)64-49-50-93-88(56-64)96-83-41-20-18-37-75(83)76-47-45-67(58-84(76)96)97-66-27-23-26-65(57-66)94-59-95-89-78(39-24-40-82(89)92(4,5)6)79-52-61(60-25-22-34-71(51-60)99(68-28-10-7-11-29-68,69-30-12-8-13-31-69)70-32-14-9-15-33-70)43-46-74(79)72-35-16-17-36-73(72)81-54-63(55-85(94)90(81)95)62-44-48-87-80(53-62)77-38-19-21-42-86(77)98-87;/h7-56H,1-6H3;/q-2;/i7D,8D,9D,10D,11D,12D,13D,14D,15D,22D,25D,28D,29D,30D,31D,32D,34D;. The molecule has 0 saturated carbocycles. The Morgan fingerprint density at radius 3 is 1.89 bits per heavy atom. The third kappa shape index (κ3) is 10.3. The van der Waals surface area contributed by atoms with E-state index in [0.29, 0.717) is 39.6 Å². The molecule has 484 valence electrons. The Bertz CT molecular complexity index is 7040. The van der Waals surface area contributed by atoms with Crippen LogP contribution < -0.4 is 30.1 Å². The van der Waals surface area contributed by atoms with Gasteiger partial charge < -0.3 is 18.3 Å². The molecule has 0 fully saturated rings. The summed E-state index contributed by atoms with van der Waals surface area (Å²) in [5.74, 6) is 1.56. The average molecular weight is 1500 g/mol. The summed E-state index contributed by atoms with van der Waals surface area (Å²) in [5, 5.41) is 1.44. The number of hydrogen-bond acceptors (Lipinski definition) is 3. The fourth-order valence-electron chi connectivity index (χ4n) is 14.4. The van der Waals surface area contributed by atoms with Gasteiger partial charge in [0.25, 0.3) is 6.33 Å². The molecule has 13 aromatic carbocycles. The molecule has 0 atom stereocenters. The molecule has 0 spiro atoms. The second-order valence-corrected chi connectivity index (χ2v) is 30.6. The monoisotopic (exact) mass is 1500 g/mol. The van der Waals surface area contributed by atoms with Gasteiger partial charge in [-0.2, -0.15) is 18.2 Å². The van der Waals surface area contributed by atoms with Crippen LogP contribution in [0.1, 0.15) is 76.0 Å². The minimum absolute atomic E-state index is 0. The maximum absolute atomic E-state index is 10.2. The minimum Gasteiger partial charge on any atom is -0.510 e. The zero-order valence-electron chi connectivity index (χ0n) is 72.0. The fraction of sp³-hybridized carbons (Fsp3) is 0.0870. The van der Waals surface area contributed by atoms with Crippen molar-refractivity contribution in [3.63, 3.8) is 0 Å². The normalized spacial score (nSPS) is 14.6. The van der Waals surface area contributed by atoms with Gasteiger partial charge in [0.15, 0.2) is 8.07 Å². The van der Waals surface area contributed by atoms with Crippen molar-refractivity contribution in [2.45, 2.75) is 52.4 Å². The van der Waals surface area contributed by atoms with Crippen LogP contribution in [-0.4, -0.2) is 22.2 Å². The summed E-state index contributed by atoms with van der Waals surface area (Å²) >= 11 is 0. The van der Waals surface area contributed by atoms with E-state index in [2.05, 4.69) is 124 Å². The van der Waals surface area contributed by atoms with Crippen LogP contribution in [0.2, 0.25) is 0 Å². The molecule has 17 aromatic rings. The first-order chi connectivity index (χ1) is 55.4. The number of para-hydroxylation sites is 3. The zero-order valence-corrected chi connectivity index (χ0v) is 58.2. The molecule has 5 heterocycles. The van der Waals surface area contributed by atoms with Crippen LogP contribution >= 0.6 is 0 Å². The first kappa shape index (κ1) is 46.1. The van der Waals surface area contributed by atoms with E-state index in [9.17, 15) is 19.2 Å². The van der Waals surface area contributed by atoms with Gasteiger partial charge in [-0.1, -0.05) is 265 Å². The smallest absolute Gasteiger partial charge is 0.268 e. The van der Waals surface area contributed by atoms with Crippen molar-refractivity contribution in [2.75, 3.05) is 0 Å². The third-order valence-corrected chi connectivity index (χ3v) is 23.2. The summed E-state index contributed by atoms with van der Waals surface area (Å²) in [6, 6.07) is 55.1. The molecule has 0 radical (unpaired) electrons. The summed E-state index contributed by atoms with van der Waals surface area (Å²) in [6.45, 7) is 12.9. The number of nitrogens with zero attached hydrogens (tertiary/aromatic N) is 4. The summed E-state index contributed by atoms with van der Waals surface area (Å²) in [6.07, 6.45) is 5.76. The van der Waals surface area contributed by atoms with Crippen LogP contribution in [0.3, 0.4) is 0 Å². The molecular formula is C92H68N4O2PtSi-2. The van der Waals surface area contributed by atoms with Crippen LogP contribution in [0.4, 0.5) is 0 Å². The number of imidazole rings is 1. The predicted molar refractivity (Wildman–Crippen MR) is 409 cm³/mol. The molecule has 6 nitrogen and oxygen atoms in total. The van der Waals surface area contributed by atoms with E-state index < -0.39 is 137 Å². The number of benzene rings is 13. The van der Waals surface area contributed by atoms with Gasteiger partial charge in [-0.15, -0.1) is 29.7 Å². The molecule has 0 aliphatic carbocycles. The van der Waals surface area contributed by atoms with Crippen molar-refractivity contribution in [3.05, 3.63) is 333 Å². The molecule has 1 aliphatic rings. The average Bonchev–Trinajstić information content (AvgIpc) is 1.46. The van der Waals surface area contributed by atoms with E-state index in [1.807, 2.05) is 132 Å². The molecule has 0 unspecified atom stereocenters. The maximum Gasteiger partial charge on any atom is 0.268 e. The largest absolute Gasteiger partial charge is 0.510 e. The Balaban J connectivity index is 0.00000983. The number of furan rings is 1. The van der Waals surface area contributed by atoms with Crippen molar-refractivity contribution in [3.8, 4) is 84.3 Å². The molecule has 100 heavy (non-hydrogen) atoms. The predicted octanol–water partition coefficient (Wildman–Crippen LogP) is 20.1. The maximum atomic E-state index is 10.2. The Labute approximate surface area is 621 Å². The molecule has 1 aliphatic heterocycles. The Kier molecular flexibility index (Phi) is 11.2. The summed E-state index contributed by atoms with van der Waals surface area (Å²) in [5.41, 5.74) is 13.4. The molecular weight excluding hydrogens is 1420 g/mol. The van der Waals surface area contributed by atoms with Gasteiger partial charge >= 0.3 is 0 Å². The van der Waals surface area contributed by atoms with E-state index in [-0.39, 0.29) is 37.6 Å². The molecule has 18 rings (SSSR count). The number of fused-ring (bicyclic) bond motifs is 13. The van der Waals surface area contributed by atoms with Crippen LogP contribution in [-0.2, 0) is 31.9 Å². The molecule has 0 bridgehead atoms. The Hall–Kier alpha value is -11.2. The van der Waals surface area contributed by atoms with E-state index in [1.54, 1.807) is 6.07 Å². The Morgan fingerprint density at radius 2 is 1.10 bits per heavy atom. The van der Waals surface area contributed by atoms with Crippen LogP contribution in [0.15, 0.2) is 307 Å². The van der Waals surface area contributed by atoms with Gasteiger partial charge in [-0.3, -0.25) is 4.57 Å². The summed E-state index contributed by atoms with van der Waals surface area (Å²) in [4.78, 5) is 4.91. The van der Waals surface area contributed by atoms with Crippen LogP contribution in [0.5, 0.6) is 11.5 Å². The molecule has 0 amide bonds. The van der Waals surface area contributed by atoms with Crippen LogP contribution in [0, 0.1) is 18.5 Å². The quantitative estimate of drug-likeness (QED) is 0.0593. The number of rotatable bonds is 10.